The van der Waals surface area contributed by atoms with Crippen LogP contribution in [0.2, 0.25) is 0 Å². The Morgan fingerprint density at radius 1 is 1.30 bits per heavy atom. The molecule has 0 radical (unpaired) electrons. The molecule has 1 saturated heterocycles. The fourth-order valence-corrected chi connectivity index (χ4v) is 4.18. The lowest BCUT2D eigenvalue weighted by Gasteiger charge is -2.46. The Morgan fingerprint density at radius 3 is 2.93 bits per heavy atom. The molecule has 3 N–H and O–H groups in total. The van der Waals surface area contributed by atoms with Gasteiger partial charge in [-0.25, -0.2) is 9.97 Å². The van der Waals surface area contributed by atoms with E-state index in [0.29, 0.717) is 17.8 Å². The normalized spacial score (nSPS) is 21.0. The lowest BCUT2D eigenvalue weighted by Crippen LogP contribution is -2.61. The first-order chi connectivity index (χ1) is 13.1. The van der Waals surface area contributed by atoms with Crippen LogP contribution in [-0.4, -0.2) is 50.4 Å². The average molecular weight is 362 g/mol. The molecular formula is C20H22N6O. The molecule has 138 valence electrons. The predicted octanol–water partition coefficient (Wildman–Crippen LogP) is 2.42. The summed E-state index contributed by atoms with van der Waals surface area (Å²) < 4.78 is 0. The van der Waals surface area contributed by atoms with E-state index in [4.69, 9.17) is 5.73 Å². The Labute approximate surface area is 157 Å². The van der Waals surface area contributed by atoms with Crippen LogP contribution in [0.1, 0.15) is 30.1 Å². The summed E-state index contributed by atoms with van der Waals surface area (Å²) in [5.74, 6) is 1.01. The molecule has 1 unspecified atom stereocenters. The molecule has 1 amide bonds. The number of anilines is 2. The van der Waals surface area contributed by atoms with E-state index < -0.39 is 0 Å². The van der Waals surface area contributed by atoms with Gasteiger partial charge in [0.05, 0.1) is 10.9 Å². The highest BCUT2D eigenvalue weighted by atomic mass is 16.2. The van der Waals surface area contributed by atoms with Gasteiger partial charge in [-0.1, -0.05) is 6.07 Å². The largest absolute Gasteiger partial charge is 0.399 e. The summed E-state index contributed by atoms with van der Waals surface area (Å²) in [6, 6.07) is 9.44. The lowest BCUT2D eigenvalue weighted by molar-refractivity contribution is 0.0588. The van der Waals surface area contributed by atoms with Gasteiger partial charge in [-0.2, -0.15) is 0 Å². The Kier molecular flexibility index (Phi) is 3.40. The van der Waals surface area contributed by atoms with Crippen LogP contribution in [0.15, 0.2) is 42.9 Å². The third-order valence-corrected chi connectivity index (χ3v) is 5.83. The van der Waals surface area contributed by atoms with Gasteiger partial charge in [0.1, 0.15) is 17.8 Å². The van der Waals surface area contributed by atoms with Gasteiger partial charge in [0.25, 0.3) is 5.91 Å². The second-order valence-corrected chi connectivity index (χ2v) is 7.68. The zero-order valence-corrected chi connectivity index (χ0v) is 15.2. The molecule has 2 aromatic heterocycles. The number of nitrogens with one attached hydrogen (secondary N) is 1. The molecule has 27 heavy (non-hydrogen) atoms. The fourth-order valence-electron chi connectivity index (χ4n) is 4.18. The number of aromatic nitrogens is 3. The first kappa shape index (κ1) is 16.1. The van der Waals surface area contributed by atoms with Crippen molar-refractivity contribution in [2.45, 2.75) is 31.3 Å². The third kappa shape index (κ3) is 2.53. The van der Waals surface area contributed by atoms with E-state index in [1.165, 1.54) is 0 Å². The number of nitrogens with zero attached hydrogens (tertiary/aromatic N) is 4. The molecule has 3 aromatic rings. The lowest BCUT2D eigenvalue weighted by atomic mass is 10.0. The number of rotatable bonds is 2. The van der Waals surface area contributed by atoms with E-state index in [1.807, 2.05) is 30.5 Å². The summed E-state index contributed by atoms with van der Waals surface area (Å²) in [6.45, 7) is 3.61. The summed E-state index contributed by atoms with van der Waals surface area (Å²) in [4.78, 5) is 29.6. The number of H-pyrrole nitrogens is 1. The van der Waals surface area contributed by atoms with Crippen molar-refractivity contribution in [3.8, 4) is 0 Å². The number of hydrogen-bond donors (Lipinski definition) is 2. The van der Waals surface area contributed by atoms with Gasteiger partial charge in [-0.3, -0.25) is 4.79 Å². The van der Waals surface area contributed by atoms with Crippen molar-refractivity contribution in [3.63, 3.8) is 0 Å². The Hall–Kier alpha value is -3.09. The summed E-state index contributed by atoms with van der Waals surface area (Å²) in [5, 5.41) is 1.02. The minimum absolute atomic E-state index is 0.0702. The van der Waals surface area contributed by atoms with Gasteiger partial charge in [0, 0.05) is 36.6 Å². The van der Waals surface area contributed by atoms with Gasteiger partial charge >= 0.3 is 0 Å². The molecule has 1 aromatic carbocycles. The van der Waals surface area contributed by atoms with Gasteiger partial charge in [-0.15, -0.1) is 0 Å². The highest BCUT2D eigenvalue weighted by Crippen LogP contribution is 2.47. The molecule has 1 spiro atoms. The predicted molar refractivity (Wildman–Crippen MR) is 105 cm³/mol. The van der Waals surface area contributed by atoms with Crippen molar-refractivity contribution in [1.82, 2.24) is 19.9 Å². The molecule has 3 heterocycles. The minimum atomic E-state index is -0.109. The van der Waals surface area contributed by atoms with Gasteiger partial charge in [0.2, 0.25) is 0 Å². The molecule has 2 aliphatic rings. The number of fused-ring (bicyclic) bond motifs is 1. The highest BCUT2D eigenvalue weighted by Gasteiger charge is 2.55. The number of aromatic amines is 1. The SMILES string of the molecule is CC1CN(C(=O)c2cccc(N)c2)C2(CC2)CN1c1ncnc2[nH]ccc12. The number of piperazine rings is 1. The van der Waals surface area contributed by atoms with Crippen LogP contribution in [0.3, 0.4) is 0 Å². The van der Waals surface area contributed by atoms with Crippen molar-refractivity contribution < 1.29 is 4.79 Å². The maximum atomic E-state index is 13.2. The summed E-state index contributed by atoms with van der Waals surface area (Å²) >= 11 is 0. The van der Waals surface area contributed by atoms with Crippen LogP contribution < -0.4 is 10.6 Å². The molecular weight excluding hydrogens is 340 g/mol. The highest BCUT2D eigenvalue weighted by molar-refractivity contribution is 5.96. The van der Waals surface area contributed by atoms with Crippen molar-refractivity contribution >= 4 is 28.4 Å². The summed E-state index contributed by atoms with van der Waals surface area (Å²) in [5.41, 5.74) is 7.90. The van der Waals surface area contributed by atoms with Gasteiger partial charge in [-0.05, 0) is 44.0 Å². The Bertz CT molecular complexity index is 1020. The van der Waals surface area contributed by atoms with Crippen LogP contribution in [0.25, 0.3) is 11.0 Å². The van der Waals surface area contributed by atoms with E-state index in [1.54, 1.807) is 12.4 Å². The first-order valence-corrected chi connectivity index (χ1v) is 9.30. The third-order valence-electron chi connectivity index (χ3n) is 5.83. The number of nitrogens with two attached hydrogens (primary N) is 1. The first-order valence-electron chi connectivity index (χ1n) is 9.30. The number of carbonyl (C=O) groups excluding carboxylic acids is 1. The number of carbonyl (C=O) groups is 1. The second kappa shape index (κ2) is 5.70. The molecule has 1 aliphatic carbocycles. The van der Waals surface area contributed by atoms with Crippen LogP contribution in [0.4, 0.5) is 11.5 Å². The number of nitrogen functional groups attached to an aromatic ring is 1. The summed E-state index contributed by atoms with van der Waals surface area (Å²) in [6.07, 6.45) is 5.53. The molecule has 0 bridgehead atoms. The van der Waals surface area contributed by atoms with Crippen LogP contribution >= 0.6 is 0 Å². The molecule has 7 heteroatoms. The maximum Gasteiger partial charge on any atom is 0.254 e. The fraction of sp³-hybridized carbons (Fsp3) is 0.350. The number of amides is 1. The van der Waals surface area contributed by atoms with Crippen molar-refractivity contribution in [2.24, 2.45) is 0 Å². The van der Waals surface area contributed by atoms with Crippen LogP contribution in [0, 0.1) is 0 Å². The number of hydrogen-bond acceptors (Lipinski definition) is 5. The zero-order chi connectivity index (χ0) is 18.6. The minimum Gasteiger partial charge on any atom is -0.399 e. The van der Waals surface area contributed by atoms with E-state index in [2.05, 4.69) is 31.7 Å². The van der Waals surface area contributed by atoms with Crippen molar-refractivity contribution in [2.75, 3.05) is 23.7 Å². The van der Waals surface area contributed by atoms with E-state index in [9.17, 15) is 4.79 Å². The smallest absolute Gasteiger partial charge is 0.254 e. The van der Waals surface area contributed by atoms with Gasteiger partial charge in [0.15, 0.2) is 0 Å². The van der Waals surface area contributed by atoms with Gasteiger partial charge < -0.3 is 20.5 Å². The van der Waals surface area contributed by atoms with E-state index >= 15 is 0 Å². The van der Waals surface area contributed by atoms with Crippen LogP contribution in [-0.2, 0) is 0 Å². The molecule has 1 aliphatic heterocycles. The second-order valence-electron chi connectivity index (χ2n) is 7.68. The van der Waals surface area contributed by atoms with E-state index in [-0.39, 0.29) is 17.5 Å². The molecule has 5 rings (SSSR count). The zero-order valence-electron chi connectivity index (χ0n) is 15.2. The molecule has 1 saturated carbocycles. The summed E-state index contributed by atoms with van der Waals surface area (Å²) in [7, 11) is 0. The quantitative estimate of drug-likeness (QED) is 0.683. The Morgan fingerprint density at radius 2 is 2.15 bits per heavy atom. The molecule has 1 atom stereocenters. The van der Waals surface area contributed by atoms with Crippen molar-refractivity contribution in [1.29, 1.82) is 0 Å². The van der Waals surface area contributed by atoms with Crippen LogP contribution in [0.5, 0.6) is 0 Å². The van der Waals surface area contributed by atoms with E-state index in [0.717, 1.165) is 36.2 Å². The molecule has 7 nitrogen and oxygen atoms in total. The standard InChI is InChI=1S/C20H22N6O/c1-13-10-26(19(27)14-3-2-4-15(21)9-14)20(6-7-20)11-25(13)18-16-5-8-22-17(16)23-12-24-18/h2-5,8-9,12-13H,6-7,10-11,21H2,1H3,(H,22,23,24). The Balaban J connectivity index is 1.47. The topological polar surface area (TPSA) is 91.1 Å². The number of benzene rings is 1. The monoisotopic (exact) mass is 362 g/mol. The maximum absolute atomic E-state index is 13.2. The average Bonchev–Trinajstić information content (AvgIpc) is 3.26. The van der Waals surface area contributed by atoms with Crippen molar-refractivity contribution in [3.05, 3.63) is 48.4 Å². The molecule has 2 fully saturated rings.